The predicted octanol–water partition coefficient (Wildman–Crippen LogP) is 3.55. The lowest BCUT2D eigenvalue weighted by Gasteiger charge is -1.89. The van der Waals surface area contributed by atoms with E-state index in [1.807, 2.05) is 0 Å². The summed E-state index contributed by atoms with van der Waals surface area (Å²) < 4.78 is 0. The molecule has 1 aromatic heterocycles. The van der Waals surface area contributed by atoms with Crippen molar-refractivity contribution in [2.75, 3.05) is 5.33 Å². The SMILES string of the molecule is CC(=Cc1ccsc1)CBr. The summed E-state index contributed by atoms with van der Waals surface area (Å²) in [5.74, 6) is 0. The Labute approximate surface area is 73.7 Å². The summed E-state index contributed by atoms with van der Waals surface area (Å²) >= 11 is 5.13. The first-order chi connectivity index (χ1) is 4.83. The Morgan fingerprint density at radius 1 is 1.80 bits per heavy atom. The number of allylic oxidation sites excluding steroid dienone is 1. The quantitative estimate of drug-likeness (QED) is 0.664. The van der Waals surface area contributed by atoms with Crippen molar-refractivity contribution in [1.29, 1.82) is 0 Å². The van der Waals surface area contributed by atoms with Crippen LogP contribution in [0.5, 0.6) is 0 Å². The molecule has 0 atom stereocenters. The van der Waals surface area contributed by atoms with Crippen LogP contribution >= 0.6 is 27.3 Å². The zero-order valence-corrected chi connectivity index (χ0v) is 8.21. The third kappa shape index (κ3) is 2.27. The van der Waals surface area contributed by atoms with Gasteiger partial charge in [0.2, 0.25) is 0 Å². The molecule has 1 aromatic rings. The second kappa shape index (κ2) is 3.94. The van der Waals surface area contributed by atoms with Crippen molar-refractivity contribution in [3.05, 3.63) is 28.0 Å². The third-order valence-corrected chi connectivity index (χ3v) is 2.75. The molecule has 0 fully saturated rings. The van der Waals surface area contributed by atoms with Gasteiger partial charge < -0.3 is 0 Å². The Kier molecular flexibility index (Phi) is 3.16. The first-order valence-electron chi connectivity index (χ1n) is 3.08. The minimum Gasteiger partial charge on any atom is -0.152 e. The highest BCUT2D eigenvalue weighted by atomic mass is 79.9. The van der Waals surface area contributed by atoms with E-state index in [2.05, 4.69) is 45.8 Å². The zero-order valence-electron chi connectivity index (χ0n) is 5.80. The van der Waals surface area contributed by atoms with E-state index in [4.69, 9.17) is 0 Å². The fourth-order valence-electron chi connectivity index (χ4n) is 0.680. The minimum absolute atomic E-state index is 0.961. The summed E-state index contributed by atoms with van der Waals surface area (Å²) in [6.07, 6.45) is 2.19. The van der Waals surface area contributed by atoms with Crippen LogP contribution in [0.4, 0.5) is 0 Å². The highest BCUT2D eigenvalue weighted by Gasteiger charge is 1.87. The van der Waals surface area contributed by atoms with Crippen molar-refractivity contribution in [1.82, 2.24) is 0 Å². The molecule has 0 aliphatic heterocycles. The van der Waals surface area contributed by atoms with E-state index >= 15 is 0 Å². The number of halogens is 1. The topological polar surface area (TPSA) is 0 Å². The molecule has 0 amide bonds. The second-order valence-corrected chi connectivity index (χ2v) is 3.52. The first kappa shape index (κ1) is 8.02. The molecule has 2 heteroatoms. The molecule has 54 valence electrons. The molecule has 0 aromatic carbocycles. The molecule has 1 rings (SSSR count). The van der Waals surface area contributed by atoms with E-state index in [1.54, 1.807) is 11.3 Å². The van der Waals surface area contributed by atoms with Gasteiger partial charge in [-0.2, -0.15) is 11.3 Å². The average Bonchev–Trinajstić information content (AvgIpc) is 2.40. The molecule has 0 saturated heterocycles. The van der Waals surface area contributed by atoms with Gasteiger partial charge in [0.15, 0.2) is 0 Å². The molecule has 0 unspecified atom stereocenters. The molecular weight excluding hydrogens is 208 g/mol. The van der Waals surface area contributed by atoms with Crippen LogP contribution in [0.3, 0.4) is 0 Å². The van der Waals surface area contributed by atoms with E-state index in [0.717, 1.165) is 5.33 Å². The van der Waals surface area contributed by atoms with E-state index in [1.165, 1.54) is 11.1 Å². The number of rotatable bonds is 2. The molecule has 0 spiro atoms. The van der Waals surface area contributed by atoms with Crippen molar-refractivity contribution in [3.8, 4) is 0 Å². The number of alkyl halides is 1. The van der Waals surface area contributed by atoms with Gasteiger partial charge in [-0.25, -0.2) is 0 Å². The van der Waals surface area contributed by atoms with Crippen LogP contribution in [0, 0.1) is 0 Å². The lowest BCUT2D eigenvalue weighted by Crippen LogP contribution is -1.73. The molecule has 0 radical (unpaired) electrons. The van der Waals surface area contributed by atoms with Crippen molar-refractivity contribution in [2.24, 2.45) is 0 Å². The van der Waals surface area contributed by atoms with Crippen molar-refractivity contribution >= 4 is 33.3 Å². The highest BCUT2D eigenvalue weighted by molar-refractivity contribution is 9.09. The summed E-state index contributed by atoms with van der Waals surface area (Å²) in [5, 5.41) is 5.20. The summed E-state index contributed by atoms with van der Waals surface area (Å²) in [4.78, 5) is 0. The van der Waals surface area contributed by atoms with Gasteiger partial charge in [0, 0.05) is 5.33 Å². The van der Waals surface area contributed by atoms with Gasteiger partial charge in [0.1, 0.15) is 0 Å². The lowest BCUT2D eigenvalue weighted by molar-refractivity contribution is 1.46. The number of hydrogen-bond acceptors (Lipinski definition) is 1. The van der Waals surface area contributed by atoms with Crippen molar-refractivity contribution in [2.45, 2.75) is 6.92 Å². The highest BCUT2D eigenvalue weighted by Crippen LogP contribution is 2.11. The fraction of sp³-hybridized carbons (Fsp3) is 0.250. The predicted molar refractivity (Wildman–Crippen MR) is 51.8 cm³/mol. The van der Waals surface area contributed by atoms with Gasteiger partial charge in [-0.1, -0.05) is 27.6 Å². The summed E-state index contributed by atoms with van der Waals surface area (Å²) in [6.45, 7) is 2.12. The molecule has 0 bridgehead atoms. The first-order valence-corrected chi connectivity index (χ1v) is 5.14. The van der Waals surface area contributed by atoms with Gasteiger partial charge >= 0.3 is 0 Å². The van der Waals surface area contributed by atoms with E-state index in [-0.39, 0.29) is 0 Å². The lowest BCUT2D eigenvalue weighted by atomic mass is 10.2. The fourth-order valence-corrected chi connectivity index (χ4v) is 1.46. The van der Waals surface area contributed by atoms with Gasteiger partial charge in [-0.3, -0.25) is 0 Å². The Hall–Kier alpha value is -0.0800. The van der Waals surface area contributed by atoms with Crippen LogP contribution in [-0.2, 0) is 0 Å². The van der Waals surface area contributed by atoms with Crippen LogP contribution in [-0.4, -0.2) is 5.33 Å². The molecule has 0 N–H and O–H groups in total. The normalized spacial score (nSPS) is 12.0. The molecule has 1 heterocycles. The maximum Gasteiger partial charge on any atom is 0.0242 e. The zero-order chi connectivity index (χ0) is 7.40. The summed E-state index contributed by atoms with van der Waals surface area (Å²) in [7, 11) is 0. The second-order valence-electron chi connectivity index (χ2n) is 2.18. The van der Waals surface area contributed by atoms with Crippen LogP contribution in [0.1, 0.15) is 12.5 Å². The Morgan fingerprint density at radius 2 is 2.60 bits per heavy atom. The maximum atomic E-state index is 3.40. The number of thiophene rings is 1. The summed E-state index contributed by atoms with van der Waals surface area (Å²) in [6, 6.07) is 2.12. The maximum absolute atomic E-state index is 3.40. The smallest absolute Gasteiger partial charge is 0.0242 e. The van der Waals surface area contributed by atoms with E-state index in [0.29, 0.717) is 0 Å². The monoisotopic (exact) mass is 216 g/mol. The van der Waals surface area contributed by atoms with Gasteiger partial charge in [0.25, 0.3) is 0 Å². The van der Waals surface area contributed by atoms with E-state index in [9.17, 15) is 0 Å². The third-order valence-electron chi connectivity index (χ3n) is 1.17. The molecule has 0 nitrogen and oxygen atoms in total. The van der Waals surface area contributed by atoms with Crippen LogP contribution < -0.4 is 0 Å². The van der Waals surface area contributed by atoms with Crippen molar-refractivity contribution < 1.29 is 0 Å². The molecular formula is C8H9BrS. The average molecular weight is 217 g/mol. The Bertz CT molecular complexity index is 211. The Balaban J connectivity index is 2.71. The standard InChI is InChI=1S/C8H9BrS/c1-7(5-9)4-8-2-3-10-6-8/h2-4,6H,5H2,1H3. The molecule has 0 aliphatic rings. The molecule has 0 saturated carbocycles. The van der Waals surface area contributed by atoms with Gasteiger partial charge in [0.05, 0.1) is 0 Å². The van der Waals surface area contributed by atoms with E-state index < -0.39 is 0 Å². The van der Waals surface area contributed by atoms with Crippen molar-refractivity contribution in [3.63, 3.8) is 0 Å². The van der Waals surface area contributed by atoms with Gasteiger partial charge in [-0.15, -0.1) is 0 Å². The summed E-state index contributed by atoms with van der Waals surface area (Å²) in [5.41, 5.74) is 2.67. The Morgan fingerprint density at radius 3 is 3.10 bits per heavy atom. The van der Waals surface area contributed by atoms with Gasteiger partial charge in [-0.05, 0) is 29.3 Å². The van der Waals surface area contributed by atoms with Crippen LogP contribution in [0.2, 0.25) is 0 Å². The van der Waals surface area contributed by atoms with Crippen LogP contribution in [0.25, 0.3) is 6.08 Å². The number of hydrogen-bond donors (Lipinski definition) is 0. The minimum atomic E-state index is 0.961. The van der Waals surface area contributed by atoms with Crippen LogP contribution in [0.15, 0.2) is 22.4 Å². The largest absolute Gasteiger partial charge is 0.152 e. The molecule has 0 aliphatic carbocycles. The molecule has 10 heavy (non-hydrogen) atoms.